The van der Waals surface area contributed by atoms with Crippen LogP contribution in [0.2, 0.25) is 0 Å². The first-order valence-corrected chi connectivity index (χ1v) is 5.81. The molecule has 0 bridgehead atoms. The van der Waals surface area contributed by atoms with Crippen LogP contribution >= 0.6 is 0 Å². The molecule has 1 fully saturated rings. The molecule has 0 aliphatic carbocycles. The number of carboxylic acid groups (broad SMARTS) is 1. The van der Waals surface area contributed by atoms with Crippen LogP contribution in [0.15, 0.2) is 18.3 Å². The van der Waals surface area contributed by atoms with E-state index < -0.39 is 5.97 Å². The minimum atomic E-state index is -0.967. The van der Waals surface area contributed by atoms with Crippen molar-refractivity contribution < 1.29 is 14.6 Å². The van der Waals surface area contributed by atoms with E-state index in [0.29, 0.717) is 12.4 Å². The lowest BCUT2D eigenvalue weighted by molar-refractivity contribution is 0.0247. The number of pyridine rings is 1. The van der Waals surface area contributed by atoms with E-state index in [4.69, 9.17) is 9.84 Å². The molecular formula is C12H16N2O3. The third-order valence-corrected chi connectivity index (χ3v) is 2.81. The van der Waals surface area contributed by atoms with Crippen LogP contribution in [0.3, 0.4) is 0 Å². The molecule has 1 aliphatic rings. The summed E-state index contributed by atoms with van der Waals surface area (Å²) in [4.78, 5) is 15.0. The molecule has 2 rings (SSSR count). The molecule has 17 heavy (non-hydrogen) atoms. The normalized spacial score (nSPS) is 19.9. The lowest BCUT2D eigenvalue weighted by atomic mass is 10.1. The Morgan fingerprint density at radius 1 is 1.59 bits per heavy atom. The van der Waals surface area contributed by atoms with Crippen LogP contribution in [-0.2, 0) is 4.74 Å². The van der Waals surface area contributed by atoms with Crippen molar-refractivity contribution in [1.29, 1.82) is 0 Å². The van der Waals surface area contributed by atoms with Crippen LogP contribution in [-0.4, -0.2) is 35.3 Å². The fourth-order valence-corrected chi connectivity index (χ4v) is 1.90. The highest BCUT2D eigenvalue weighted by Crippen LogP contribution is 2.15. The van der Waals surface area contributed by atoms with E-state index >= 15 is 0 Å². The van der Waals surface area contributed by atoms with Crippen molar-refractivity contribution in [3.63, 3.8) is 0 Å². The Balaban J connectivity index is 1.96. The van der Waals surface area contributed by atoms with Gasteiger partial charge in [0.25, 0.3) is 0 Å². The Bertz CT molecular complexity index is 389. The van der Waals surface area contributed by atoms with Crippen LogP contribution in [0.4, 0.5) is 5.82 Å². The number of anilines is 1. The first kappa shape index (κ1) is 11.9. The lowest BCUT2D eigenvalue weighted by Gasteiger charge is -2.23. The van der Waals surface area contributed by atoms with Gasteiger partial charge in [0.05, 0.1) is 6.10 Å². The number of carbonyl (C=O) groups is 1. The summed E-state index contributed by atoms with van der Waals surface area (Å²) in [6, 6.07) is 3.16. The molecule has 0 spiro atoms. The SMILES string of the molecule is O=C(O)c1cccnc1NCC1CCCCO1. The van der Waals surface area contributed by atoms with Gasteiger partial charge in [-0.3, -0.25) is 0 Å². The maximum absolute atomic E-state index is 11.0. The van der Waals surface area contributed by atoms with Crippen molar-refractivity contribution in [2.45, 2.75) is 25.4 Å². The Hall–Kier alpha value is -1.62. The van der Waals surface area contributed by atoms with E-state index in [2.05, 4.69) is 10.3 Å². The predicted octanol–water partition coefficient (Wildman–Crippen LogP) is 1.76. The van der Waals surface area contributed by atoms with Crippen molar-refractivity contribution >= 4 is 11.8 Å². The van der Waals surface area contributed by atoms with Gasteiger partial charge in [-0.25, -0.2) is 9.78 Å². The molecule has 0 amide bonds. The number of aromatic carboxylic acids is 1. The summed E-state index contributed by atoms with van der Waals surface area (Å²) in [6.07, 6.45) is 5.03. The summed E-state index contributed by atoms with van der Waals surface area (Å²) in [5.74, 6) is -0.556. The van der Waals surface area contributed by atoms with Crippen molar-refractivity contribution in [1.82, 2.24) is 4.98 Å². The van der Waals surface area contributed by atoms with Gasteiger partial charge < -0.3 is 15.2 Å². The van der Waals surface area contributed by atoms with Gasteiger partial charge in [-0.05, 0) is 31.4 Å². The minimum absolute atomic E-state index is 0.160. The molecule has 1 aromatic rings. The number of hydrogen-bond donors (Lipinski definition) is 2. The average molecular weight is 236 g/mol. The second-order valence-electron chi connectivity index (χ2n) is 4.07. The monoisotopic (exact) mass is 236 g/mol. The van der Waals surface area contributed by atoms with Gasteiger partial charge in [-0.1, -0.05) is 0 Å². The summed E-state index contributed by atoms with van der Waals surface area (Å²) in [6.45, 7) is 1.40. The molecular weight excluding hydrogens is 220 g/mol. The van der Waals surface area contributed by atoms with Crippen LogP contribution < -0.4 is 5.32 Å². The summed E-state index contributed by atoms with van der Waals surface area (Å²) in [5.41, 5.74) is 0.198. The Morgan fingerprint density at radius 2 is 2.47 bits per heavy atom. The van der Waals surface area contributed by atoms with Gasteiger partial charge in [0.2, 0.25) is 0 Å². The molecule has 5 nitrogen and oxygen atoms in total. The van der Waals surface area contributed by atoms with Crippen LogP contribution in [0.1, 0.15) is 29.6 Å². The zero-order valence-corrected chi connectivity index (χ0v) is 9.56. The molecule has 1 unspecified atom stereocenters. The molecule has 0 radical (unpaired) electrons. The lowest BCUT2D eigenvalue weighted by Crippen LogP contribution is -2.27. The molecule has 1 atom stereocenters. The van der Waals surface area contributed by atoms with Gasteiger partial charge in [0.1, 0.15) is 11.4 Å². The first-order chi connectivity index (χ1) is 8.27. The standard InChI is InChI=1S/C12H16N2O3/c15-12(16)10-5-3-6-13-11(10)14-8-9-4-1-2-7-17-9/h3,5-6,9H,1-2,4,7-8H2,(H,13,14)(H,15,16). The maximum Gasteiger partial charge on any atom is 0.339 e. The molecule has 0 saturated carbocycles. The number of ether oxygens (including phenoxy) is 1. The van der Waals surface area contributed by atoms with Gasteiger partial charge in [-0.15, -0.1) is 0 Å². The second kappa shape index (κ2) is 5.63. The van der Waals surface area contributed by atoms with Gasteiger partial charge in [0.15, 0.2) is 0 Å². The van der Waals surface area contributed by atoms with Crippen molar-refractivity contribution in [2.24, 2.45) is 0 Å². The largest absolute Gasteiger partial charge is 0.478 e. The smallest absolute Gasteiger partial charge is 0.339 e. The maximum atomic E-state index is 11.0. The van der Waals surface area contributed by atoms with E-state index in [1.54, 1.807) is 18.3 Å². The third-order valence-electron chi connectivity index (χ3n) is 2.81. The number of nitrogens with zero attached hydrogens (tertiary/aromatic N) is 1. The third kappa shape index (κ3) is 3.17. The topological polar surface area (TPSA) is 71.5 Å². The average Bonchev–Trinajstić information content (AvgIpc) is 2.38. The van der Waals surface area contributed by atoms with Crippen LogP contribution in [0.5, 0.6) is 0 Å². The highest BCUT2D eigenvalue weighted by molar-refractivity contribution is 5.92. The summed E-state index contributed by atoms with van der Waals surface area (Å²) in [5, 5.41) is 12.0. The summed E-state index contributed by atoms with van der Waals surface area (Å²) >= 11 is 0. The molecule has 1 saturated heterocycles. The first-order valence-electron chi connectivity index (χ1n) is 5.81. The highest BCUT2D eigenvalue weighted by Gasteiger charge is 2.15. The van der Waals surface area contributed by atoms with E-state index in [1.165, 1.54) is 6.42 Å². The number of carboxylic acids is 1. The Kier molecular flexibility index (Phi) is 3.93. The van der Waals surface area contributed by atoms with E-state index in [1.807, 2.05) is 0 Å². The molecule has 1 aliphatic heterocycles. The highest BCUT2D eigenvalue weighted by atomic mass is 16.5. The molecule has 2 N–H and O–H groups in total. The number of nitrogens with one attached hydrogen (secondary N) is 1. The fourth-order valence-electron chi connectivity index (χ4n) is 1.90. The summed E-state index contributed by atoms with van der Waals surface area (Å²) in [7, 11) is 0. The van der Waals surface area contributed by atoms with Crippen molar-refractivity contribution in [3.8, 4) is 0 Å². The van der Waals surface area contributed by atoms with E-state index in [-0.39, 0.29) is 11.7 Å². The molecule has 5 heteroatoms. The molecule has 2 heterocycles. The minimum Gasteiger partial charge on any atom is -0.478 e. The Labute approximate surface area is 99.8 Å². The quantitative estimate of drug-likeness (QED) is 0.833. The van der Waals surface area contributed by atoms with Crippen LogP contribution in [0, 0.1) is 0 Å². The summed E-state index contributed by atoms with van der Waals surface area (Å²) < 4.78 is 5.56. The number of rotatable bonds is 4. The molecule has 92 valence electrons. The zero-order chi connectivity index (χ0) is 12.1. The predicted molar refractivity (Wildman–Crippen MR) is 63.3 cm³/mol. The van der Waals surface area contributed by atoms with Crippen LogP contribution in [0.25, 0.3) is 0 Å². The molecule has 0 aromatic carbocycles. The van der Waals surface area contributed by atoms with Crippen molar-refractivity contribution in [2.75, 3.05) is 18.5 Å². The van der Waals surface area contributed by atoms with Gasteiger partial charge >= 0.3 is 5.97 Å². The van der Waals surface area contributed by atoms with Gasteiger partial charge in [-0.2, -0.15) is 0 Å². The van der Waals surface area contributed by atoms with E-state index in [0.717, 1.165) is 19.4 Å². The second-order valence-corrected chi connectivity index (χ2v) is 4.07. The molecule has 1 aromatic heterocycles. The fraction of sp³-hybridized carbons (Fsp3) is 0.500. The number of aromatic nitrogens is 1. The van der Waals surface area contributed by atoms with Gasteiger partial charge in [0, 0.05) is 19.3 Å². The van der Waals surface area contributed by atoms with E-state index in [9.17, 15) is 4.79 Å². The number of hydrogen-bond acceptors (Lipinski definition) is 4. The van der Waals surface area contributed by atoms with Crippen molar-refractivity contribution in [3.05, 3.63) is 23.9 Å². The Morgan fingerprint density at radius 3 is 3.18 bits per heavy atom. The zero-order valence-electron chi connectivity index (χ0n) is 9.56.